The van der Waals surface area contributed by atoms with Crippen LogP contribution < -0.4 is 10.9 Å². The molecule has 0 atom stereocenters. The highest BCUT2D eigenvalue weighted by molar-refractivity contribution is 7.89. The number of anilines is 1. The lowest BCUT2D eigenvalue weighted by Gasteiger charge is -2.17. The van der Waals surface area contributed by atoms with E-state index < -0.39 is 32.2 Å². The van der Waals surface area contributed by atoms with Crippen molar-refractivity contribution < 1.29 is 21.6 Å². The number of hydrogen-bond acceptors (Lipinski definition) is 6. The van der Waals surface area contributed by atoms with Crippen molar-refractivity contribution in [3.63, 3.8) is 0 Å². The number of rotatable bonds is 3. The third-order valence-electron chi connectivity index (χ3n) is 3.54. The molecule has 0 spiro atoms. The van der Waals surface area contributed by atoms with E-state index in [-0.39, 0.29) is 11.4 Å². The summed E-state index contributed by atoms with van der Waals surface area (Å²) < 4.78 is 64.2. The number of aromatic nitrogens is 4. The van der Waals surface area contributed by atoms with Crippen LogP contribution in [0.5, 0.6) is 0 Å². The highest BCUT2D eigenvalue weighted by Gasteiger charge is 2.39. The predicted octanol–water partition coefficient (Wildman–Crippen LogP) is 1.78. The number of nitrogens with two attached hydrogens (primary N) is 2. The van der Waals surface area contributed by atoms with E-state index in [2.05, 4.69) is 20.6 Å². The van der Waals surface area contributed by atoms with Gasteiger partial charge in [-0.3, -0.25) is 0 Å². The highest BCUT2D eigenvalue weighted by Crippen LogP contribution is 2.42. The molecule has 136 valence electrons. The Kier molecular flexibility index (Phi) is 4.16. The van der Waals surface area contributed by atoms with Crippen LogP contribution in [-0.4, -0.2) is 29.0 Å². The maximum absolute atomic E-state index is 13.4. The van der Waals surface area contributed by atoms with E-state index in [1.807, 2.05) is 0 Å². The summed E-state index contributed by atoms with van der Waals surface area (Å²) in [6, 6.07) is 7.85. The Morgan fingerprint density at radius 2 is 1.69 bits per heavy atom. The molecular formula is C14H11F3N6O2S. The number of nitrogens with zero attached hydrogens (tertiary/aromatic N) is 3. The number of hydrogen-bond donors (Lipinski definition) is 3. The van der Waals surface area contributed by atoms with Crippen molar-refractivity contribution in [2.75, 3.05) is 5.73 Å². The van der Waals surface area contributed by atoms with E-state index in [9.17, 15) is 21.6 Å². The zero-order valence-electron chi connectivity index (χ0n) is 12.8. The van der Waals surface area contributed by atoms with Gasteiger partial charge in [0.15, 0.2) is 0 Å². The van der Waals surface area contributed by atoms with E-state index in [0.717, 1.165) is 6.07 Å². The number of aromatic amines is 1. The van der Waals surface area contributed by atoms with E-state index in [1.54, 1.807) is 0 Å². The second kappa shape index (κ2) is 6.07. The van der Waals surface area contributed by atoms with Gasteiger partial charge in [-0.05, 0) is 34.5 Å². The molecular weight excluding hydrogens is 373 g/mol. The number of nitrogen functional groups attached to an aromatic ring is 1. The van der Waals surface area contributed by atoms with Gasteiger partial charge in [-0.1, -0.05) is 18.2 Å². The lowest BCUT2D eigenvalue weighted by Crippen LogP contribution is -2.21. The molecule has 0 amide bonds. The van der Waals surface area contributed by atoms with Crippen molar-refractivity contribution in [2.24, 2.45) is 5.14 Å². The molecule has 0 aliphatic heterocycles. The van der Waals surface area contributed by atoms with Gasteiger partial charge in [0, 0.05) is 5.69 Å². The summed E-state index contributed by atoms with van der Waals surface area (Å²) in [4.78, 5) is -1.12. The first-order chi connectivity index (χ1) is 12.1. The minimum Gasteiger partial charge on any atom is -0.399 e. The van der Waals surface area contributed by atoms with Crippen LogP contribution in [0.2, 0.25) is 0 Å². The number of nitrogens with one attached hydrogen (secondary N) is 1. The average molecular weight is 384 g/mol. The summed E-state index contributed by atoms with van der Waals surface area (Å²) in [6.07, 6.45) is -4.96. The first-order valence-electron chi connectivity index (χ1n) is 6.96. The van der Waals surface area contributed by atoms with Crippen LogP contribution in [-0.2, 0) is 16.2 Å². The van der Waals surface area contributed by atoms with Crippen molar-refractivity contribution in [3.05, 3.63) is 42.0 Å². The SMILES string of the molecule is Nc1ccc(-c2ccc(C(F)(F)F)c(S(N)(=O)=O)c2-c2nn[nH]n2)cc1. The van der Waals surface area contributed by atoms with Gasteiger partial charge in [-0.25, -0.2) is 13.6 Å². The molecule has 0 radical (unpaired) electrons. The van der Waals surface area contributed by atoms with Crippen molar-refractivity contribution in [1.82, 2.24) is 20.6 Å². The summed E-state index contributed by atoms with van der Waals surface area (Å²) >= 11 is 0. The minimum absolute atomic E-state index is 0.128. The monoisotopic (exact) mass is 384 g/mol. The number of H-pyrrole nitrogens is 1. The normalized spacial score (nSPS) is 12.3. The van der Waals surface area contributed by atoms with Gasteiger partial charge in [0.2, 0.25) is 15.8 Å². The number of tetrazole rings is 1. The number of primary sulfonamides is 1. The summed E-state index contributed by atoms with van der Waals surface area (Å²) in [5.41, 5.74) is 4.75. The van der Waals surface area contributed by atoms with Crippen LogP contribution in [0.3, 0.4) is 0 Å². The summed E-state index contributed by atoms with van der Waals surface area (Å²) in [5.74, 6) is -0.341. The lowest BCUT2D eigenvalue weighted by molar-refractivity contribution is -0.139. The Labute approximate surface area is 145 Å². The molecule has 3 rings (SSSR count). The molecule has 12 heteroatoms. The summed E-state index contributed by atoms with van der Waals surface area (Å²) in [5, 5.41) is 17.7. The quantitative estimate of drug-likeness (QED) is 0.588. The molecule has 1 heterocycles. The van der Waals surface area contributed by atoms with Crippen molar-refractivity contribution in [3.8, 4) is 22.5 Å². The number of halogens is 3. The zero-order valence-corrected chi connectivity index (χ0v) is 13.6. The Morgan fingerprint density at radius 1 is 1.04 bits per heavy atom. The first-order valence-corrected chi connectivity index (χ1v) is 8.50. The van der Waals surface area contributed by atoms with Gasteiger partial charge < -0.3 is 5.73 Å². The number of benzene rings is 2. The average Bonchev–Trinajstić information content (AvgIpc) is 3.06. The lowest BCUT2D eigenvalue weighted by atomic mass is 9.96. The molecule has 2 aromatic carbocycles. The standard InChI is InChI=1S/C14H11F3N6O2S/c15-14(16,17)10-6-5-9(7-1-3-8(18)4-2-7)11(12(10)26(19,24)25)13-20-22-23-21-13/h1-6H,18H2,(H2,19,24,25)(H,20,21,22,23). The predicted molar refractivity (Wildman–Crippen MR) is 85.8 cm³/mol. The minimum atomic E-state index is -4.96. The molecule has 0 unspecified atom stereocenters. The largest absolute Gasteiger partial charge is 0.417 e. The Balaban J connectivity index is 2.46. The fraction of sp³-hybridized carbons (Fsp3) is 0.0714. The molecule has 0 fully saturated rings. The highest BCUT2D eigenvalue weighted by atomic mass is 32.2. The van der Waals surface area contributed by atoms with Crippen molar-refractivity contribution in [1.29, 1.82) is 0 Å². The summed E-state index contributed by atoms with van der Waals surface area (Å²) in [6.45, 7) is 0. The molecule has 0 saturated carbocycles. The second-order valence-corrected chi connectivity index (χ2v) is 6.76. The van der Waals surface area contributed by atoms with E-state index >= 15 is 0 Å². The molecule has 26 heavy (non-hydrogen) atoms. The maximum Gasteiger partial charge on any atom is 0.417 e. The van der Waals surface area contributed by atoms with Crippen LogP contribution in [0.4, 0.5) is 18.9 Å². The van der Waals surface area contributed by atoms with Crippen LogP contribution in [0.1, 0.15) is 5.56 Å². The second-order valence-electron chi connectivity index (χ2n) is 5.26. The number of sulfonamides is 1. The Hall–Kier alpha value is -2.99. The van der Waals surface area contributed by atoms with Gasteiger partial charge >= 0.3 is 6.18 Å². The molecule has 0 aliphatic carbocycles. The van der Waals surface area contributed by atoms with Crippen molar-refractivity contribution in [2.45, 2.75) is 11.1 Å². The van der Waals surface area contributed by atoms with Gasteiger partial charge in [-0.15, -0.1) is 10.2 Å². The van der Waals surface area contributed by atoms with E-state index in [1.165, 1.54) is 24.3 Å². The van der Waals surface area contributed by atoms with E-state index in [0.29, 0.717) is 17.3 Å². The molecule has 0 aliphatic rings. The van der Waals surface area contributed by atoms with Gasteiger partial charge in [0.05, 0.1) is 11.1 Å². The Bertz CT molecular complexity index is 1050. The fourth-order valence-corrected chi connectivity index (χ4v) is 3.47. The molecule has 1 aromatic heterocycles. The van der Waals surface area contributed by atoms with Crippen molar-refractivity contribution >= 4 is 15.7 Å². The topological polar surface area (TPSA) is 141 Å². The molecule has 5 N–H and O–H groups in total. The van der Waals surface area contributed by atoms with Gasteiger partial charge in [0.25, 0.3) is 0 Å². The smallest absolute Gasteiger partial charge is 0.399 e. The first kappa shape index (κ1) is 17.8. The van der Waals surface area contributed by atoms with Crippen LogP contribution >= 0.6 is 0 Å². The van der Waals surface area contributed by atoms with Crippen LogP contribution in [0, 0.1) is 0 Å². The van der Waals surface area contributed by atoms with Crippen LogP contribution in [0.15, 0.2) is 41.3 Å². The summed E-state index contributed by atoms with van der Waals surface area (Å²) in [7, 11) is -4.78. The van der Waals surface area contributed by atoms with Gasteiger partial charge in [0.1, 0.15) is 4.90 Å². The van der Waals surface area contributed by atoms with Gasteiger partial charge in [-0.2, -0.15) is 18.4 Å². The van der Waals surface area contributed by atoms with Crippen LogP contribution in [0.25, 0.3) is 22.5 Å². The maximum atomic E-state index is 13.4. The molecule has 8 nitrogen and oxygen atoms in total. The third-order valence-corrected chi connectivity index (χ3v) is 4.53. The third kappa shape index (κ3) is 3.23. The molecule has 3 aromatic rings. The molecule has 0 bridgehead atoms. The van der Waals surface area contributed by atoms with E-state index in [4.69, 9.17) is 10.9 Å². The molecule has 0 saturated heterocycles. The Morgan fingerprint density at radius 3 is 2.19 bits per heavy atom. The zero-order chi connectivity index (χ0) is 19.1. The fourth-order valence-electron chi connectivity index (χ4n) is 2.49. The number of alkyl halides is 3.